The molecule has 1 heterocycles. The van der Waals surface area contributed by atoms with E-state index in [1.54, 1.807) is 25.3 Å². The number of hydrogen-bond acceptors (Lipinski definition) is 4. The van der Waals surface area contributed by atoms with Crippen LogP contribution in [0, 0.1) is 0 Å². The van der Waals surface area contributed by atoms with Gasteiger partial charge in [0.25, 0.3) is 5.91 Å². The first-order valence-electron chi connectivity index (χ1n) is 7.24. The largest absolute Gasteiger partial charge is 0.385 e. The average Bonchev–Trinajstić information content (AvgIpc) is 2.77. The van der Waals surface area contributed by atoms with E-state index < -0.39 is 10.0 Å². The maximum absolute atomic E-state index is 12.1. The summed E-state index contributed by atoms with van der Waals surface area (Å²) in [4.78, 5) is 12.1. The molecule has 1 aliphatic heterocycles. The van der Waals surface area contributed by atoms with Crippen molar-refractivity contribution in [1.29, 1.82) is 0 Å². The van der Waals surface area contributed by atoms with Gasteiger partial charge in [-0.1, -0.05) is 0 Å². The van der Waals surface area contributed by atoms with Gasteiger partial charge >= 0.3 is 0 Å². The lowest BCUT2D eigenvalue weighted by Crippen LogP contribution is -2.34. The quantitative estimate of drug-likeness (QED) is 0.796. The number of ether oxygens (including phenoxy) is 1. The molecule has 6 nitrogen and oxygen atoms in total. The number of anilines is 1. The molecular weight excluding hydrogens is 304 g/mol. The average molecular weight is 326 g/mol. The molecule has 122 valence electrons. The summed E-state index contributed by atoms with van der Waals surface area (Å²) < 4.78 is 30.1. The second-order valence-corrected chi connectivity index (χ2v) is 7.42. The molecule has 7 heteroatoms. The van der Waals surface area contributed by atoms with Crippen LogP contribution in [0.5, 0.6) is 0 Å². The molecule has 2 rings (SSSR count). The van der Waals surface area contributed by atoms with E-state index in [-0.39, 0.29) is 11.9 Å². The minimum Gasteiger partial charge on any atom is -0.385 e. The number of nitrogens with one attached hydrogen (secondary N) is 1. The van der Waals surface area contributed by atoms with E-state index in [0.29, 0.717) is 30.8 Å². The Morgan fingerprint density at radius 1 is 1.45 bits per heavy atom. The van der Waals surface area contributed by atoms with Gasteiger partial charge in [0.1, 0.15) is 0 Å². The number of fused-ring (bicyclic) bond motifs is 1. The highest BCUT2D eigenvalue weighted by molar-refractivity contribution is 7.92. The van der Waals surface area contributed by atoms with Crippen molar-refractivity contribution >= 4 is 21.6 Å². The first-order chi connectivity index (χ1) is 10.3. The number of sulfonamides is 1. The fraction of sp³-hybridized carbons (Fsp3) is 0.533. The molecule has 22 heavy (non-hydrogen) atoms. The molecular formula is C15H22N2O4S. The van der Waals surface area contributed by atoms with Crippen molar-refractivity contribution in [2.45, 2.75) is 25.8 Å². The zero-order valence-electron chi connectivity index (χ0n) is 13.1. The summed E-state index contributed by atoms with van der Waals surface area (Å²) in [5, 5.41) is 2.83. The highest BCUT2D eigenvalue weighted by atomic mass is 32.2. The van der Waals surface area contributed by atoms with E-state index in [0.717, 1.165) is 12.0 Å². The maximum atomic E-state index is 12.1. The number of carbonyl (C=O) groups excluding carboxylic acids is 1. The number of methoxy groups -OCH3 is 1. The molecule has 1 atom stereocenters. The molecule has 1 aromatic rings. The summed E-state index contributed by atoms with van der Waals surface area (Å²) in [6, 6.07) is 5.04. The monoisotopic (exact) mass is 326 g/mol. The molecule has 0 aliphatic carbocycles. The van der Waals surface area contributed by atoms with Crippen LogP contribution in [0.1, 0.15) is 29.3 Å². The van der Waals surface area contributed by atoms with Crippen LogP contribution in [0.3, 0.4) is 0 Å². The van der Waals surface area contributed by atoms with Gasteiger partial charge in [0.15, 0.2) is 0 Å². The predicted octanol–water partition coefficient (Wildman–Crippen LogP) is 1.16. The molecule has 0 radical (unpaired) electrons. The molecule has 1 aromatic carbocycles. The Bertz CT molecular complexity index is 658. The second kappa shape index (κ2) is 6.66. The highest BCUT2D eigenvalue weighted by Crippen LogP contribution is 2.34. The van der Waals surface area contributed by atoms with Crippen LogP contribution >= 0.6 is 0 Å². The van der Waals surface area contributed by atoms with Crippen molar-refractivity contribution in [3.63, 3.8) is 0 Å². The van der Waals surface area contributed by atoms with Gasteiger partial charge in [0, 0.05) is 31.9 Å². The van der Waals surface area contributed by atoms with Crippen LogP contribution in [0.2, 0.25) is 0 Å². The van der Waals surface area contributed by atoms with Crippen LogP contribution in [-0.2, 0) is 21.2 Å². The lowest BCUT2D eigenvalue weighted by molar-refractivity contribution is 0.0948. The first-order valence-corrected chi connectivity index (χ1v) is 9.09. The van der Waals surface area contributed by atoms with E-state index in [2.05, 4.69) is 5.32 Å². The molecule has 1 aliphatic rings. The molecule has 0 aromatic heterocycles. The summed E-state index contributed by atoms with van der Waals surface area (Å²) in [5.41, 5.74) is 2.12. The third kappa shape index (κ3) is 3.59. The SMILES string of the molecule is COCCCNC(=O)c1ccc2c(c1)C[C@@H](C)N2S(C)(=O)=O. The van der Waals surface area contributed by atoms with Gasteiger partial charge in [-0.25, -0.2) is 8.42 Å². The summed E-state index contributed by atoms with van der Waals surface area (Å²) in [7, 11) is -1.68. The van der Waals surface area contributed by atoms with E-state index in [1.807, 2.05) is 6.92 Å². The van der Waals surface area contributed by atoms with Gasteiger partial charge in [0.05, 0.1) is 11.9 Å². The van der Waals surface area contributed by atoms with E-state index in [1.165, 1.54) is 10.6 Å². The number of amides is 1. The first kappa shape index (κ1) is 16.8. The molecule has 0 saturated heterocycles. The lowest BCUT2D eigenvalue weighted by atomic mass is 10.1. The number of benzene rings is 1. The van der Waals surface area contributed by atoms with Crippen molar-refractivity contribution in [3.8, 4) is 0 Å². The van der Waals surface area contributed by atoms with Gasteiger partial charge < -0.3 is 10.1 Å². The summed E-state index contributed by atoms with van der Waals surface area (Å²) in [6.45, 7) is 3.02. The predicted molar refractivity (Wildman–Crippen MR) is 85.8 cm³/mol. The van der Waals surface area contributed by atoms with E-state index in [4.69, 9.17) is 4.74 Å². The number of hydrogen-bond donors (Lipinski definition) is 1. The summed E-state index contributed by atoms with van der Waals surface area (Å²) in [5.74, 6) is -0.149. The smallest absolute Gasteiger partial charge is 0.251 e. The third-order valence-electron chi connectivity index (χ3n) is 3.66. The minimum atomic E-state index is -3.30. The van der Waals surface area contributed by atoms with Gasteiger partial charge in [-0.15, -0.1) is 0 Å². The van der Waals surface area contributed by atoms with Crippen LogP contribution in [0.15, 0.2) is 18.2 Å². The Labute approximate surface area is 131 Å². The number of rotatable bonds is 6. The highest BCUT2D eigenvalue weighted by Gasteiger charge is 2.32. The summed E-state index contributed by atoms with van der Waals surface area (Å²) in [6.07, 6.45) is 2.58. The third-order valence-corrected chi connectivity index (χ3v) is 4.93. The lowest BCUT2D eigenvalue weighted by Gasteiger charge is -2.21. The van der Waals surface area contributed by atoms with E-state index >= 15 is 0 Å². The molecule has 0 bridgehead atoms. The fourth-order valence-electron chi connectivity index (χ4n) is 2.77. The van der Waals surface area contributed by atoms with Gasteiger partial charge in [-0.2, -0.15) is 0 Å². The molecule has 1 amide bonds. The number of carbonyl (C=O) groups is 1. The molecule has 0 fully saturated rings. The van der Waals surface area contributed by atoms with Gasteiger partial charge in [-0.05, 0) is 43.5 Å². The van der Waals surface area contributed by atoms with Crippen LogP contribution in [-0.4, -0.2) is 46.9 Å². The van der Waals surface area contributed by atoms with Crippen LogP contribution < -0.4 is 9.62 Å². The molecule has 0 spiro atoms. The van der Waals surface area contributed by atoms with Crippen molar-refractivity contribution < 1.29 is 17.9 Å². The van der Waals surface area contributed by atoms with Crippen LogP contribution in [0.25, 0.3) is 0 Å². The normalized spacial score (nSPS) is 17.4. The van der Waals surface area contributed by atoms with Crippen LogP contribution in [0.4, 0.5) is 5.69 Å². The Kier molecular flexibility index (Phi) is 5.08. The fourth-order valence-corrected chi connectivity index (χ4v) is 4.03. The Morgan fingerprint density at radius 3 is 2.82 bits per heavy atom. The maximum Gasteiger partial charge on any atom is 0.251 e. The van der Waals surface area contributed by atoms with Crippen molar-refractivity contribution in [2.75, 3.05) is 30.8 Å². The minimum absolute atomic E-state index is 0.120. The summed E-state index contributed by atoms with van der Waals surface area (Å²) >= 11 is 0. The Balaban J connectivity index is 2.13. The van der Waals surface area contributed by atoms with Gasteiger partial charge in [0.2, 0.25) is 10.0 Å². The molecule has 1 N–H and O–H groups in total. The molecule has 0 saturated carbocycles. The Morgan fingerprint density at radius 2 is 2.18 bits per heavy atom. The standard InChI is InChI=1S/C15H22N2O4S/c1-11-9-13-10-12(15(18)16-7-4-8-21-2)5-6-14(13)17(11)22(3,19)20/h5-6,10-11H,4,7-9H2,1-3H3,(H,16,18)/t11-/m1/s1. The second-order valence-electron chi connectivity index (χ2n) is 5.56. The zero-order valence-corrected chi connectivity index (χ0v) is 13.9. The van der Waals surface area contributed by atoms with Crippen molar-refractivity contribution in [1.82, 2.24) is 5.32 Å². The topological polar surface area (TPSA) is 75.7 Å². The Hall–Kier alpha value is -1.60. The van der Waals surface area contributed by atoms with E-state index in [9.17, 15) is 13.2 Å². The van der Waals surface area contributed by atoms with Crippen molar-refractivity contribution in [3.05, 3.63) is 29.3 Å². The molecule has 0 unspecified atom stereocenters. The number of nitrogens with zero attached hydrogens (tertiary/aromatic N) is 1. The van der Waals surface area contributed by atoms with Gasteiger partial charge in [-0.3, -0.25) is 9.10 Å². The zero-order chi connectivity index (χ0) is 16.3. The van der Waals surface area contributed by atoms with Crippen molar-refractivity contribution in [2.24, 2.45) is 0 Å².